The van der Waals surface area contributed by atoms with Gasteiger partial charge in [-0.15, -0.1) is 11.3 Å². The van der Waals surface area contributed by atoms with Crippen molar-refractivity contribution in [3.63, 3.8) is 0 Å². The highest BCUT2D eigenvalue weighted by Crippen LogP contribution is 2.33. The fourth-order valence-corrected chi connectivity index (χ4v) is 4.29. The van der Waals surface area contributed by atoms with E-state index in [4.69, 9.17) is 10.2 Å². The minimum Gasteiger partial charge on any atom is -0.296 e. The number of unbranched alkanes of at least 4 members (excludes halogenated alkanes) is 1. The molecular weight excluding hydrogens is 342 g/mol. The summed E-state index contributed by atoms with van der Waals surface area (Å²) < 4.78 is 1.78. The molecule has 0 fully saturated rings. The molecule has 0 saturated carbocycles. The zero-order valence-electron chi connectivity index (χ0n) is 15.5. The molecule has 0 bridgehead atoms. The van der Waals surface area contributed by atoms with Gasteiger partial charge in [0.15, 0.2) is 0 Å². The molecule has 0 unspecified atom stereocenters. The van der Waals surface area contributed by atoms with Crippen LogP contribution in [0.1, 0.15) is 43.1 Å². The quantitative estimate of drug-likeness (QED) is 0.578. The third-order valence-electron chi connectivity index (χ3n) is 4.59. The number of hydrogen-bond acceptors (Lipinski definition) is 4. The van der Waals surface area contributed by atoms with Crippen LogP contribution in [0.25, 0.3) is 21.3 Å². The molecule has 3 aromatic rings. The maximum absolute atomic E-state index is 13.3. The molecule has 5 heteroatoms. The SMILES string of the molecule is CCCc1nc2scc(-c3ccc(C)cc3C)c2c(=O)n1CCCC#N. The van der Waals surface area contributed by atoms with Gasteiger partial charge in [-0.2, -0.15) is 5.26 Å². The van der Waals surface area contributed by atoms with E-state index in [-0.39, 0.29) is 5.56 Å². The van der Waals surface area contributed by atoms with E-state index in [9.17, 15) is 4.79 Å². The van der Waals surface area contributed by atoms with E-state index in [1.54, 1.807) is 4.57 Å². The Bertz CT molecular complexity index is 1040. The van der Waals surface area contributed by atoms with E-state index in [1.165, 1.54) is 16.9 Å². The average molecular weight is 366 g/mol. The van der Waals surface area contributed by atoms with Crippen LogP contribution in [0.15, 0.2) is 28.4 Å². The van der Waals surface area contributed by atoms with Crippen LogP contribution >= 0.6 is 11.3 Å². The van der Waals surface area contributed by atoms with Crippen molar-refractivity contribution in [2.75, 3.05) is 0 Å². The van der Waals surface area contributed by atoms with E-state index in [2.05, 4.69) is 45.0 Å². The summed E-state index contributed by atoms with van der Waals surface area (Å²) in [6, 6.07) is 8.47. The molecule has 3 rings (SSSR count). The first-order valence-electron chi connectivity index (χ1n) is 9.02. The number of thiophene rings is 1. The molecule has 0 N–H and O–H groups in total. The van der Waals surface area contributed by atoms with Crippen molar-refractivity contribution in [3.8, 4) is 17.2 Å². The molecule has 0 aliphatic rings. The molecule has 0 saturated heterocycles. The lowest BCUT2D eigenvalue weighted by Crippen LogP contribution is -2.25. The minimum atomic E-state index is 0.0209. The van der Waals surface area contributed by atoms with Gasteiger partial charge in [-0.25, -0.2) is 4.98 Å². The Hall–Kier alpha value is -2.45. The number of aromatic nitrogens is 2. The third-order valence-corrected chi connectivity index (χ3v) is 5.46. The number of nitrogens with zero attached hydrogens (tertiary/aromatic N) is 3. The topological polar surface area (TPSA) is 58.7 Å². The van der Waals surface area contributed by atoms with Crippen LogP contribution in [0.2, 0.25) is 0 Å². The Balaban J connectivity index is 2.20. The van der Waals surface area contributed by atoms with Crippen molar-refractivity contribution in [2.45, 2.75) is 53.0 Å². The van der Waals surface area contributed by atoms with Crippen molar-refractivity contribution in [3.05, 3.63) is 50.9 Å². The third kappa shape index (κ3) is 3.42. The first-order valence-corrected chi connectivity index (χ1v) is 9.90. The van der Waals surface area contributed by atoms with Gasteiger partial charge in [0.25, 0.3) is 5.56 Å². The molecule has 0 spiro atoms. The second-order valence-electron chi connectivity index (χ2n) is 6.64. The van der Waals surface area contributed by atoms with Gasteiger partial charge in [0.1, 0.15) is 10.7 Å². The van der Waals surface area contributed by atoms with Crippen molar-refractivity contribution in [1.29, 1.82) is 5.26 Å². The van der Waals surface area contributed by atoms with Crippen LogP contribution in [0.3, 0.4) is 0 Å². The first kappa shape index (κ1) is 18.3. The lowest BCUT2D eigenvalue weighted by Gasteiger charge is -2.12. The van der Waals surface area contributed by atoms with Crippen LogP contribution in [0.5, 0.6) is 0 Å². The normalized spacial score (nSPS) is 11.0. The van der Waals surface area contributed by atoms with E-state index in [1.807, 2.05) is 5.38 Å². The van der Waals surface area contributed by atoms with Crippen molar-refractivity contribution < 1.29 is 0 Å². The summed E-state index contributed by atoms with van der Waals surface area (Å²) in [6.07, 6.45) is 2.83. The summed E-state index contributed by atoms with van der Waals surface area (Å²) in [5.41, 5.74) is 4.46. The van der Waals surface area contributed by atoms with Gasteiger partial charge < -0.3 is 0 Å². The van der Waals surface area contributed by atoms with Crippen LogP contribution in [0, 0.1) is 25.2 Å². The number of nitriles is 1. The summed E-state index contributed by atoms with van der Waals surface area (Å²) in [5, 5.41) is 11.6. The van der Waals surface area contributed by atoms with Gasteiger partial charge in [-0.1, -0.05) is 30.7 Å². The lowest BCUT2D eigenvalue weighted by molar-refractivity contribution is 0.585. The molecule has 26 heavy (non-hydrogen) atoms. The predicted octanol–water partition coefficient (Wildman–Crippen LogP) is 5.00. The van der Waals surface area contributed by atoms with Gasteiger partial charge in [-0.05, 0) is 37.8 Å². The first-order chi connectivity index (χ1) is 12.6. The van der Waals surface area contributed by atoms with Crippen LogP contribution in [0.4, 0.5) is 0 Å². The average Bonchev–Trinajstić information content (AvgIpc) is 3.02. The molecular formula is C21H23N3OS. The van der Waals surface area contributed by atoms with Crippen molar-refractivity contribution in [1.82, 2.24) is 9.55 Å². The van der Waals surface area contributed by atoms with E-state index >= 15 is 0 Å². The van der Waals surface area contributed by atoms with Crippen LogP contribution in [-0.4, -0.2) is 9.55 Å². The highest BCUT2D eigenvalue weighted by atomic mass is 32.1. The molecule has 134 valence electrons. The lowest BCUT2D eigenvalue weighted by atomic mass is 9.99. The summed E-state index contributed by atoms with van der Waals surface area (Å²) in [4.78, 5) is 18.9. The maximum atomic E-state index is 13.3. The van der Waals surface area contributed by atoms with E-state index < -0.39 is 0 Å². The van der Waals surface area contributed by atoms with Crippen LogP contribution < -0.4 is 5.56 Å². The highest BCUT2D eigenvalue weighted by molar-refractivity contribution is 7.17. The van der Waals surface area contributed by atoms with Crippen LogP contribution in [-0.2, 0) is 13.0 Å². The van der Waals surface area contributed by atoms with Gasteiger partial charge in [0, 0.05) is 30.3 Å². The van der Waals surface area contributed by atoms with E-state index in [0.717, 1.165) is 40.2 Å². The predicted molar refractivity (Wildman–Crippen MR) is 108 cm³/mol. The monoisotopic (exact) mass is 365 g/mol. The Kier molecular flexibility index (Phi) is 5.53. The fraction of sp³-hybridized carbons (Fsp3) is 0.381. The molecule has 0 amide bonds. The number of aryl methyl sites for hydroxylation is 3. The van der Waals surface area contributed by atoms with Crippen molar-refractivity contribution >= 4 is 21.6 Å². The second kappa shape index (κ2) is 7.84. The molecule has 0 radical (unpaired) electrons. The molecule has 2 aromatic heterocycles. The second-order valence-corrected chi connectivity index (χ2v) is 7.50. The van der Waals surface area contributed by atoms with Gasteiger partial charge >= 0.3 is 0 Å². The molecule has 0 atom stereocenters. The maximum Gasteiger partial charge on any atom is 0.262 e. The number of hydrogen-bond donors (Lipinski definition) is 0. The molecule has 2 heterocycles. The summed E-state index contributed by atoms with van der Waals surface area (Å²) in [5.74, 6) is 0.831. The Morgan fingerprint density at radius 2 is 2.08 bits per heavy atom. The number of benzene rings is 1. The fourth-order valence-electron chi connectivity index (χ4n) is 3.34. The minimum absolute atomic E-state index is 0.0209. The standard InChI is InChI=1S/C21H23N3OS/c1-4-7-18-23-20-19(21(25)24(18)11-6-5-10-22)17(13-26-20)16-9-8-14(2)12-15(16)3/h8-9,12-13H,4-7,11H2,1-3H3. The Morgan fingerprint density at radius 3 is 2.77 bits per heavy atom. The summed E-state index contributed by atoms with van der Waals surface area (Å²) in [7, 11) is 0. The van der Waals surface area contributed by atoms with Crippen molar-refractivity contribution in [2.24, 2.45) is 0 Å². The highest BCUT2D eigenvalue weighted by Gasteiger charge is 2.17. The van der Waals surface area contributed by atoms with Gasteiger partial charge in [0.2, 0.25) is 0 Å². The Morgan fingerprint density at radius 1 is 1.27 bits per heavy atom. The Labute approximate surface area is 157 Å². The molecule has 0 aliphatic carbocycles. The molecule has 4 nitrogen and oxygen atoms in total. The van der Waals surface area contributed by atoms with Gasteiger partial charge in [0.05, 0.1) is 11.5 Å². The van der Waals surface area contributed by atoms with Gasteiger partial charge in [-0.3, -0.25) is 9.36 Å². The zero-order valence-corrected chi connectivity index (χ0v) is 16.3. The summed E-state index contributed by atoms with van der Waals surface area (Å²) >= 11 is 1.54. The smallest absolute Gasteiger partial charge is 0.262 e. The molecule has 1 aromatic carbocycles. The molecule has 0 aliphatic heterocycles. The summed E-state index contributed by atoms with van der Waals surface area (Å²) in [6.45, 7) is 6.79. The largest absolute Gasteiger partial charge is 0.296 e. The van der Waals surface area contributed by atoms with E-state index in [0.29, 0.717) is 24.8 Å². The number of fused-ring (bicyclic) bond motifs is 1. The zero-order chi connectivity index (χ0) is 18.7. The number of rotatable bonds is 6.